The summed E-state index contributed by atoms with van der Waals surface area (Å²) in [7, 11) is 0. The first-order valence-corrected chi connectivity index (χ1v) is 10.5. The first kappa shape index (κ1) is 18.9. The van der Waals surface area contributed by atoms with Gasteiger partial charge in [0.05, 0.1) is 17.8 Å². The van der Waals surface area contributed by atoms with Gasteiger partial charge in [-0.1, -0.05) is 24.3 Å². The monoisotopic (exact) mass is 406 g/mol. The number of nitrogens with zero attached hydrogens (tertiary/aromatic N) is 3. The maximum Gasteiger partial charge on any atom is 0.312 e. The predicted octanol–water partition coefficient (Wildman–Crippen LogP) is 2.95. The number of benzene rings is 1. The second-order valence-corrected chi connectivity index (χ2v) is 8.35. The largest absolute Gasteiger partial charge is 0.484 e. The molecule has 0 bridgehead atoms. The van der Waals surface area contributed by atoms with Gasteiger partial charge in [-0.3, -0.25) is 4.40 Å². The number of primary amides is 1. The van der Waals surface area contributed by atoms with Crippen LogP contribution in [0.15, 0.2) is 42.6 Å². The Bertz CT molecular complexity index is 1090. The van der Waals surface area contributed by atoms with Gasteiger partial charge in [0.15, 0.2) is 11.5 Å². The predicted molar refractivity (Wildman–Crippen MR) is 112 cm³/mol. The van der Waals surface area contributed by atoms with E-state index in [0.717, 1.165) is 60.6 Å². The molecule has 1 aromatic carbocycles. The number of nitrogens with one attached hydrogen (secondary N) is 2. The van der Waals surface area contributed by atoms with Crippen LogP contribution in [0.1, 0.15) is 61.7 Å². The molecule has 1 aliphatic heterocycles. The van der Waals surface area contributed by atoms with E-state index < -0.39 is 6.03 Å². The molecule has 4 N–H and O–H groups in total. The lowest BCUT2D eigenvalue weighted by molar-refractivity contribution is 0.171. The van der Waals surface area contributed by atoms with Crippen LogP contribution < -0.4 is 21.1 Å². The standard InChI is InChI=1S/C22H26N6O2/c1-22(11-4-12-24-22)20-27-26-19-10-7-14(13-28(19)20)30-18-9-8-17(25-21(23)29)15-5-2-3-6-16(15)18/h2-3,5-7,10,13,17-18,24H,4,8-9,11-12H2,1H3,(H3,23,25,29)/t17-,18+,22?/m0/s1. The van der Waals surface area contributed by atoms with Crippen molar-refractivity contribution in [1.29, 1.82) is 0 Å². The van der Waals surface area contributed by atoms with Gasteiger partial charge < -0.3 is 21.1 Å². The summed E-state index contributed by atoms with van der Waals surface area (Å²) in [5.41, 5.74) is 8.12. The van der Waals surface area contributed by atoms with E-state index in [1.165, 1.54) is 0 Å². The van der Waals surface area contributed by atoms with Gasteiger partial charge in [-0.05, 0) is 62.4 Å². The van der Waals surface area contributed by atoms with Crippen LogP contribution in [0.4, 0.5) is 4.79 Å². The summed E-state index contributed by atoms with van der Waals surface area (Å²) in [4.78, 5) is 11.4. The maximum absolute atomic E-state index is 11.4. The Morgan fingerprint density at radius 2 is 2.07 bits per heavy atom. The van der Waals surface area contributed by atoms with Crippen molar-refractivity contribution in [2.24, 2.45) is 5.73 Å². The van der Waals surface area contributed by atoms with E-state index >= 15 is 0 Å². The maximum atomic E-state index is 11.4. The number of carbonyl (C=O) groups is 1. The summed E-state index contributed by atoms with van der Waals surface area (Å²) < 4.78 is 8.45. The Morgan fingerprint density at radius 1 is 1.23 bits per heavy atom. The highest BCUT2D eigenvalue weighted by molar-refractivity contribution is 5.72. The van der Waals surface area contributed by atoms with E-state index in [4.69, 9.17) is 10.5 Å². The third-order valence-corrected chi connectivity index (χ3v) is 6.27. The minimum absolute atomic E-state index is 0.0844. The van der Waals surface area contributed by atoms with Crippen LogP contribution in [-0.2, 0) is 5.54 Å². The Morgan fingerprint density at radius 3 is 2.83 bits per heavy atom. The minimum atomic E-state index is -0.506. The number of hydrogen-bond acceptors (Lipinski definition) is 5. The summed E-state index contributed by atoms with van der Waals surface area (Å²) in [6, 6.07) is 11.3. The third-order valence-electron chi connectivity index (χ3n) is 6.27. The van der Waals surface area contributed by atoms with E-state index in [2.05, 4.69) is 33.8 Å². The first-order valence-electron chi connectivity index (χ1n) is 10.5. The van der Waals surface area contributed by atoms with Crippen molar-refractivity contribution in [2.45, 2.75) is 50.3 Å². The van der Waals surface area contributed by atoms with Gasteiger partial charge in [0.2, 0.25) is 0 Å². The lowest BCUT2D eigenvalue weighted by atomic mass is 9.85. The van der Waals surface area contributed by atoms with Crippen molar-refractivity contribution in [3.8, 4) is 5.75 Å². The molecule has 156 valence electrons. The molecular weight excluding hydrogens is 380 g/mol. The molecule has 2 aromatic heterocycles. The number of fused-ring (bicyclic) bond motifs is 2. The number of nitrogens with two attached hydrogens (primary N) is 1. The van der Waals surface area contributed by atoms with Crippen molar-refractivity contribution in [2.75, 3.05) is 6.54 Å². The molecule has 1 fully saturated rings. The number of carbonyl (C=O) groups excluding carboxylic acids is 1. The van der Waals surface area contributed by atoms with E-state index in [0.29, 0.717) is 0 Å². The van der Waals surface area contributed by atoms with Crippen molar-refractivity contribution in [3.05, 3.63) is 59.5 Å². The number of aromatic nitrogens is 3. The molecule has 3 atom stereocenters. The average Bonchev–Trinajstić information content (AvgIpc) is 3.36. The zero-order valence-electron chi connectivity index (χ0n) is 17.0. The van der Waals surface area contributed by atoms with E-state index in [1.54, 1.807) is 0 Å². The van der Waals surface area contributed by atoms with Crippen molar-refractivity contribution in [1.82, 2.24) is 25.2 Å². The third kappa shape index (κ3) is 3.27. The molecule has 0 spiro atoms. The SMILES string of the molecule is CC1(c2nnc3ccc(O[C@@H]4CC[C@H](NC(N)=O)c5ccccc54)cn23)CCCN1. The number of urea groups is 1. The molecule has 1 aliphatic carbocycles. The molecule has 30 heavy (non-hydrogen) atoms. The fourth-order valence-corrected chi connectivity index (χ4v) is 4.76. The van der Waals surface area contributed by atoms with Gasteiger partial charge in [0.1, 0.15) is 11.9 Å². The normalized spacial score (nSPS) is 25.8. The smallest absolute Gasteiger partial charge is 0.312 e. The van der Waals surface area contributed by atoms with Gasteiger partial charge in [-0.2, -0.15) is 0 Å². The lowest BCUT2D eigenvalue weighted by Crippen LogP contribution is -2.36. The Kier molecular flexibility index (Phi) is 4.58. The quantitative estimate of drug-likeness (QED) is 0.618. The van der Waals surface area contributed by atoms with E-state index in [9.17, 15) is 4.79 Å². The molecule has 2 aliphatic rings. The first-order chi connectivity index (χ1) is 14.5. The lowest BCUT2D eigenvalue weighted by Gasteiger charge is -2.32. The Balaban J connectivity index is 1.45. The van der Waals surface area contributed by atoms with Crippen molar-refractivity contribution < 1.29 is 9.53 Å². The highest BCUT2D eigenvalue weighted by atomic mass is 16.5. The van der Waals surface area contributed by atoms with E-state index in [-0.39, 0.29) is 17.7 Å². The van der Waals surface area contributed by atoms with Crippen LogP contribution in [0.3, 0.4) is 0 Å². The summed E-state index contributed by atoms with van der Waals surface area (Å²) in [6.45, 7) is 3.16. The molecule has 0 radical (unpaired) electrons. The molecule has 8 heteroatoms. The molecule has 0 saturated carbocycles. The number of amides is 2. The topological polar surface area (TPSA) is 107 Å². The Labute approximate surface area is 174 Å². The van der Waals surface area contributed by atoms with Gasteiger partial charge in [0, 0.05) is 0 Å². The molecule has 3 aromatic rings. The second-order valence-electron chi connectivity index (χ2n) is 8.35. The molecule has 1 saturated heterocycles. The van der Waals surface area contributed by atoms with Crippen LogP contribution in [0, 0.1) is 0 Å². The minimum Gasteiger partial charge on any atom is -0.484 e. The summed E-state index contributed by atoms with van der Waals surface area (Å²) >= 11 is 0. The fraction of sp³-hybridized carbons (Fsp3) is 0.409. The number of hydrogen-bond donors (Lipinski definition) is 3. The van der Waals surface area contributed by atoms with Crippen molar-refractivity contribution >= 4 is 11.7 Å². The van der Waals surface area contributed by atoms with Crippen LogP contribution in [0.2, 0.25) is 0 Å². The highest BCUT2D eigenvalue weighted by Gasteiger charge is 2.35. The number of pyridine rings is 1. The molecule has 1 unspecified atom stereocenters. The molecule has 3 heterocycles. The number of ether oxygens (including phenoxy) is 1. The van der Waals surface area contributed by atoms with Gasteiger partial charge in [-0.15, -0.1) is 10.2 Å². The van der Waals surface area contributed by atoms with E-state index in [1.807, 2.05) is 40.9 Å². The van der Waals surface area contributed by atoms with Crippen molar-refractivity contribution in [3.63, 3.8) is 0 Å². The molecule has 2 amide bonds. The molecular formula is C22H26N6O2. The van der Waals surface area contributed by atoms with Gasteiger partial charge >= 0.3 is 6.03 Å². The van der Waals surface area contributed by atoms with Crippen LogP contribution >= 0.6 is 0 Å². The second kappa shape index (κ2) is 7.28. The van der Waals surface area contributed by atoms with Crippen LogP contribution in [0.25, 0.3) is 5.65 Å². The average molecular weight is 406 g/mol. The van der Waals surface area contributed by atoms with Crippen LogP contribution in [0.5, 0.6) is 5.75 Å². The van der Waals surface area contributed by atoms with Gasteiger partial charge in [-0.25, -0.2) is 4.79 Å². The molecule has 8 nitrogen and oxygen atoms in total. The summed E-state index contributed by atoms with van der Waals surface area (Å²) in [6.07, 6.45) is 5.60. The van der Waals surface area contributed by atoms with Crippen LogP contribution in [-0.4, -0.2) is 27.2 Å². The highest BCUT2D eigenvalue weighted by Crippen LogP contribution is 2.39. The Hall–Kier alpha value is -3.13. The summed E-state index contributed by atoms with van der Waals surface area (Å²) in [5.74, 6) is 1.68. The zero-order chi connectivity index (χ0) is 20.7. The number of rotatable bonds is 4. The molecule has 5 rings (SSSR count). The zero-order valence-corrected chi connectivity index (χ0v) is 17.0. The van der Waals surface area contributed by atoms with Gasteiger partial charge in [0.25, 0.3) is 0 Å². The summed E-state index contributed by atoms with van der Waals surface area (Å²) in [5, 5.41) is 15.2. The fourth-order valence-electron chi connectivity index (χ4n) is 4.76.